The van der Waals surface area contributed by atoms with Crippen LogP contribution in [0, 0.1) is 0 Å². The molecular formula is C22H37N3O2S. The topological polar surface area (TPSA) is 65.9 Å². The summed E-state index contributed by atoms with van der Waals surface area (Å²) in [5, 5.41) is 17.5. The third-order valence-corrected chi connectivity index (χ3v) is 4.71. The normalized spacial score (nSPS) is 10.9. The number of ether oxygens (including phenoxy) is 1. The fourth-order valence-corrected chi connectivity index (χ4v) is 3.06. The minimum atomic E-state index is 0.126. The van der Waals surface area contributed by atoms with Gasteiger partial charge in [-0.05, 0) is 49.3 Å². The molecule has 0 aliphatic rings. The molecule has 0 atom stereocenters. The van der Waals surface area contributed by atoms with E-state index in [9.17, 15) is 5.11 Å². The predicted octanol–water partition coefficient (Wildman–Crippen LogP) is 5.51. The monoisotopic (exact) mass is 407 g/mol. The fourth-order valence-electron chi connectivity index (χ4n) is 2.90. The van der Waals surface area contributed by atoms with Crippen molar-refractivity contribution < 1.29 is 9.84 Å². The Bertz CT molecular complexity index is 579. The first-order valence-corrected chi connectivity index (χ1v) is 11.1. The molecule has 0 aliphatic heterocycles. The van der Waals surface area contributed by atoms with Gasteiger partial charge in [0.1, 0.15) is 0 Å². The van der Waals surface area contributed by atoms with E-state index in [1.165, 1.54) is 57.8 Å². The number of nitrogens with zero attached hydrogens (tertiary/aromatic N) is 1. The molecule has 0 aromatic heterocycles. The van der Waals surface area contributed by atoms with E-state index >= 15 is 0 Å². The van der Waals surface area contributed by atoms with Crippen LogP contribution in [0.15, 0.2) is 23.3 Å². The van der Waals surface area contributed by atoms with Crippen molar-refractivity contribution in [2.24, 2.45) is 5.10 Å². The highest BCUT2D eigenvalue weighted by atomic mass is 32.1. The Morgan fingerprint density at radius 2 is 1.68 bits per heavy atom. The van der Waals surface area contributed by atoms with E-state index in [0.717, 1.165) is 18.5 Å². The van der Waals surface area contributed by atoms with Crippen LogP contribution in [0.1, 0.15) is 83.6 Å². The second kappa shape index (κ2) is 16.2. The molecule has 0 fully saturated rings. The molecule has 0 saturated carbocycles. The van der Waals surface area contributed by atoms with Crippen molar-refractivity contribution in [1.29, 1.82) is 0 Å². The van der Waals surface area contributed by atoms with Crippen molar-refractivity contribution in [1.82, 2.24) is 10.7 Å². The fraction of sp³-hybridized carbons (Fsp3) is 0.636. The van der Waals surface area contributed by atoms with Crippen LogP contribution in [0.25, 0.3) is 0 Å². The van der Waals surface area contributed by atoms with Crippen LogP contribution in [0.5, 0.6) is 11.5 Å². The van der Waals surface area contributed by atoms with Gasteiger partial charge in [0.05, 0.1) is 12.8 Å². The number of hydrazone groups is 1. The summed E-state index contributed by atoms with van der Waals surface area (Å²) in [6, 6.07) is 5.10. The lowest BCUT2D eigenvalue weighted by molar-refractivity contribution is 0.318. The van der Waals surface area contributed by atoms with E-state index in [4.69, 9.17) is 17.0 Å². The van der Waals surface area contributed by atoms with Crippen molar-refractivity contribution in [3.05, 3.63) is 23.8 Å². The van der Waals surface area contributed by atoms with E-state index in [-0.39, 0.29) is 5.75 Å². The molecule has 0 spiro atoms. The molecule has 158 valence electrons. The summed E-state index contributed by atoms with van der Waals surface area (Å²) in [7, 11) is 0. The summed E-state index contributed by atoms with van der Waals surface area (Å²) < 4.78 is 5.36. The maximum atomic E-state index is 9.70. The van der Waals surface area contributed by atoms with Crippen molar-refractivity contribution in [2.75, 3.05) is 13.2 Å². The highest BCUT2D eigenvalue weighted by molar-refractivity contribution is 7.80. The molecule has 0 saturated heterocycles. The zero-order chi connectivity index (χ0) is 20.5. The summed E-state index contributed by atoms with van der Waals surface area (Å²) >= 11 is 5.23. The van der Waals surface area contributed by atoms with E-state index in [0.29, 0.717) is 17.5 Å². The standard InChI is InChI=1S/C22H37N3O2S/c1-3-5-6-7-8-9-10-11-12-13-16-23-22(28)25-24-18-19-14-15-20(26)21(17-19)27-4-2/h14-15,17-18,26H,3-13,16H2,1-2H3,(H2,23,25,28)/b24-18-. The molecule has 6 heteroatoms. The third-order valence-electron chi connectivity index (χ3n) is 4.48. The second-order valence-electron chi connectivity index (χ2n) is 6.97. The van der Waals surface area contributed by atoms with Gasteiger partial charge in [0.15, 0.2) is 16.6 Å². The average Bonchev–Trinajstić information content (AvgIpc) is 2.69. The zero-order valence-corrected chi connectivity index (χ0v) is 18.3. The van der Waals surface area contributed by atoms with Gasteiger partial charge in [0.25, 0.3) is 0 Å². The largest absolute Gasteiger partial charge is 0.504 e. The van der Waals surface area contributed by atoms with E-state index < -0.39 is 0 Å². The quantitative estimate of drug-likeness (QED) is 0.155. The molecule has 1 aromatic carbocycles. The van der Waals surface area contributed by atoms with Gasteiger partial charge >= 0.3 is 0 Å². The predicted molar refractivity (Wildman–Crippen MR) is 122 cm³/mol. The van der Waals surface area contributed by atoms with Gasteiger partial charge in [0, 0.05) is 6.54 Å². The first-order valence-electron chi connectivity index (χ1n) is 10.7. The molecule has 28 heavy (non-hydrogen) atoms. The minimum Gasteiger partial charge on any atom is -0.504 e. The van der Waals surface area contributed by atoms with Gasteiger partial charge < -0.3 is 15.2 Å². The van der Waals surface area contributed by atoms with Crippen molar-refractivity contribution in [3.63, 3.8) is 0 Å². The number of hydrogen-bond donors (Lipinski definition) is 3. The van der Waals surface area contributed by atoms with E-state index in [2.05, 4.69) is 22.8 Å². The van der Waals surface area contributed by atoms with Crippen LogP contribution >= 0.6 is 12.2 Å². The Morgan fingerprint density at radius 1 is 1.04 bits per heavy atom. The number of benzene rings is 1. The van der Waals surface area contributed by atoms with Crippen molar-refractivity contribution in [2.45, 2.75) is 78.1 Å². The minimum absolute atomic E-state index is 0.126. The summed E-state index contributed by atoms with van der Waals surface area (Å²) in [4.78, 5) is 0. The molecule has 0 radical (unpaired) electrons. The van der Waals surface area contributed by atoms with Crippen LogP contribution in [-0.4, -0.2) is 29.6 Å². The first kappa shape index (κ1) is 24.2. The van der Waals surface area contributed by atoms with Crippen molar-refractivity contribution in [3.8, 4) is 11.5 Å². The molecule has 1 aromatic rings. The number of phenols is 1. The Hall–Kier alpha value is -1.82. The Kier molecular flexibility index (Phi) is 14.0. The number of nitrogens with one attached hydrogen (secondary N) is 2. The van der Waals surface area contributed by atoms with Gasteiger partial charge in [-0.25, -0.2) is 0 Å². The highest BCUT2D eigenvalue weighted by Crippen LogP contribution is 2.26. The number of thiocarbonyl (C=S) groups is 1. The maximum Gasteiger partial charge on any atom is 0.186 e. The summed E-state index contributed by atoms with van der Waals surface area (Å²) in [5.41, 5.74) is 3.64. The first-order chi connectivity index (χ1) is 13.7. The zero-order valence-electron chi connectivity index (χ0n) is 17.5. The van der Waals surface area contributed by atoms with E-state index in [1.807, 2.05) is 6.92 Å². The van der Waals surface area contributed by atoms with Gasteiger partial charge in [-0.2, -0.15) is 5.10 Å². The SMILES string of the molecule is CCCCCCCCCCCCNC(=S)N/N=C\c1ccc(O)c(OCC)c1. The molecule has 0 unspecified atom stereocenters. The van der Waals surface area contributed by atoms with Gasteiger partial charge in [0.2, 0.25) is 0 Å². The lowest BCUT2D eigenvalue weighted by atomic mass is 10.1. The lowest BCUT2D eigenvalue weighted by Crippen LogP contribution is -2.32. The number of phenolic OH excluding ortho intramolecular Hbond substituents is 1. The highest BCUT2D eigenvalue weighted by Gasteiger charge is 2.02. The smallest absolute Gasteiger partial charge is 0.186 e. The molecule has 0 aliphatic carbocycles. The van der Waals surface area contributed by atoms with Crippen molar-refractivity contribution >= 4 is 23.5 Å². The second-order valence-corrected chi connectivity index (χ2v) is 7.38. The number of rotatable bonds is 15. The number of hydrogen-bond acceptors (Lipinski definition) is 4. The molecule has 0 bridgehead atoms. The summed E-state index contributed by atoms with van der Waals surface area (Å²) in [6.07, 6.45) is 14.9. The van der Waals surface area contributed by atoms with Gasteiger partial charge in [-0.3, -0.25) is 5.43 Å². The molecular weight excluding hydrogens is 370 g/mol. The summed E-state index contributed by atoms with van der Waals surface area (Å²) in [5.74, 6) is 0.578. The lowest BCUT2D eigenvalue weighted by Gasteiger charge is -2.07. The summed E-state index contributed by atoms with van der Waals surface area (Å²) in [6.45, 7) is 5.50. The van der Waals surface area contributed by atoms with Gasteiger partial charge in [-0.15, -0.1) is 0 Å². The van der Waals surface area contributed by atoms with Gasteiger partial charge in [-0.1, -0.05) is 64.7 Å². The average molecular weight is 408 g/mol. The Balaban J connectivity index is 2.06. The third kappa shape index (κ3) is 11.8. The maximum absolute atomic E-state index is 9.70. The Morgan fingerprint density at radius 3 is 2.32 bits per heavy atom. The van der Waals surface area contributed by atoms with E-state index in [1.54, 1.807) is 24.4 Å². The van der Waals surface area contributed by atoms with Crippen LogP contribution in [-0.2, 0) is 0 Å². The molecule has 0 heterocycles. The number of aromatic hydroxyl groups is 1. The molecule has 1 rings (SSSR count). The van der Waals surface area contributed by atoms with Crippen LogP contribution in [0.4, 0.5) is 0 Å². The Labute approximate surface area is 176 Å². The van der Waals surface area contributed by atoms with Crippen LogP contribution in [0.3, 0.4) is 0 Å². The molecule has 5 nitrogen and oxygen atoms in total. The molecule has 3 N–H and O–H groups in total. The van der Waals surface area contributed by atoms with Crippen LogP contribution < -0.4 is 15.5 Å². The molecule has 0 amide bonds. The van der Waals surface area contributed by atoms with Crippen LogP contribution in [0.2, 0.25) is 0 Å². The number of unbranched alkanes of at least 4 members (excludes halogenated alkanes) is 9.